The highest BCUT2D eigenvalue weighted by Gasteiger charge is 2.25. The third-order valence-corrected chi connectivity index (χ3v) is 4.14. The Kier molecular flexibility index (Phi) is 3.94. The van der Waals surface area contributed by atoms with E-state index in [9.17, 15) is 15.0 Å². The van der Waals surface area contributed by atoms with Crippen molar-refractivity contribution in [2.24, 2.45) is 5.92 Å². The van der Waals surface area contributed by atoms with Crippen LogP contribution < -0.4 is 0 Å². The second-order valence-corrected chi connectivity index (χ2v) is 5.64. The summed E-state index contributed by atoms with van der Waals surface area (Å²) in [6.45, 7) is 2.47. The van der Waals surface area contributed by atoms with Crippen LogP contribution in [0.15, 0.2) is 28.7 Å². The molecule has 5 nitrogen and oxygen atoms in total. The summed E-state index contributed by atoms with van der Waals surface area (Å²) in [5, 5.41) is 19.5. The first-order valence-electron chi connectivity index (χ1n) is 7.26. The summed E-state index contributed by atoms with van der Waals surface area (Å²) >= 11 is 0. The number of aromatic carboxylic acids is 1. The Morgan fingerprint density at radius 1 is 1.38 bits per heavy atom. The standard InChI is InChI=1S/C16H19NO4/c18-10-11-4-3-7-17(8-11)9-13-12-5-1-2-6-14(12)21-15(13)16(19)20/h1-2,5-6,11,18H,3-4,7-10H2,(H,19,20). The Morgan fingerprint density at radius 3 is 2.95 bits per heavy atom. The smallest absolute Gasteiger partial charge is 0.372 e. The molecule has 1 aliphatic heterocycles. The number of hydrogen-bond acceptors (Lipinski definition) is 4. The lowest BCUT2D eigenvalue weighted by atomic mass is 9.98. The first kappa shape index (κ1) is 14.1. The van der Waals surface area contributed by atoms with Crippen molar-refractivity contribution in [1.29, 1.82) is 0 Å². The number of fused-ring (bicyclic) bond motifs is 1. The van der Waals surface area contributed by atoms with Gasteiger partial charge in [0.1, 0.15) is 5.58 Å². The lowest BCUT2D eigenvalue weighted by Gasteiger charge is -2.31. The van der Waals surface area contributed by atoms with Gasteiger partial charge < -0.3 is 14.6 Å². The van der Waals surface area contributed by atoms with Gasteiger partial charge in [0.25, 0.3) is 0 Å². The van der Waals surface area contributed by atoms with Crippen molar-refractivity contribution in [2.75, 3.05) is 19.7 Å². The number of piperidine rings is 1. The average Bonchev–Trinajstić information content (AvgIpc) is 2.87. The van der Waals surface area contributed by atoms with Crippen molar-refractivity contribution in [3.63, 3.8) is 0 Å². The average molecular weight is 289 g/mol. The molecule has 0 spiro atoms. The van der Waals surface area contributed by atoms with Crippen molar-refractivity contribution < 1.29 is 19.4 Å². The van der Waals surface area contributed by atoms with Gasteiger partial charge in [-0.2, -0.15) is 0 Å². The minimum atomic E-state index is -1.03. The SMILES string of the molecule is O=C(O)c1oc2ccccc2c1CN1CCCC(CO)C1. The van der Waals surface area contributed by atoms with Crippen LogP contribution in [0, 0.1) is 5.92 Å². The molecule has 1 aromatic carbocycles. The number of para-hydroxylation sites is 1. The van der Waals surface area contributed by atoms with Gasteiger partial charge >= 0.3 is 5.97 Å². The number of furan rings is 1. The predicted molar refractivity (Wildman–Crippen MR) is 78.3 cm³/mol. The topological polar surface area (TPSA) is 73.9 Å². The van der Waals surface area contributed by atoms with Crippen LogP contribution in [0.1, 0.15) is 29.0 Å². The number of likely N-dealkylation sites (tertiary alicyclic amines) is 1. The van der Waals surface area contributed by atoms with Crippen molar-refractivity contribution in [3.8, 4) is 0 Å². The third-order valence-electron chi connectivity index (χ3n) is 4.14. The highest BCUT2D eigenvalue weighted by Crippen LogP contribution is 2.28. The molecule has 1 saturated heterocycles. The Labute approximate surface area is 122 Å². The maximum absolute atomic E-state index is 11.4. The molecule has 1 fully saturated rings. The van der Waals surface area contributed by atoms with Crippen LogP contribution in [-0.4, -0.2) is 40.8 Å². The lowest BCUT2D eigenvalue weighted by Crippen LogP contribution is -2.36. The van der Waals surface area contributed by atoms with E-state index in [1.54, 1.807) is 6.07 Å². The number of aliphatic hydroxyl groups excluding tert-OH is 1. The molecule has 1 atom stereocenters. The van der Waals surface area contributed by atoms with Gasteiger partial charge in [-0.15, -0.1) is 0 Å². The van der Waals surface area contributed by atoms with E-state index >= 15 is 0 Å². The molecule has 1 unspecified atom stereocenters. The number of nitrogens with zero attached hydrogens (tertiary/aromatic N) is 1. The Bertz CT molecular complexity index is 649. The largest absolute Gasteiger partial charge is 0.475 e. The van der Waals surface area contributed by atoms with Gasteiger partial charge in [0, 0.05) is 30.6 Å². The molecule has 1 aromatic heterocycles. The second-order valence-electron chi connectivity index (χ2n) is 5.64. The predicted octanol–water partition coefficient (Wildman–Crippen LogP) is 2.34. The fourth-order valence-corrected chi connectivity index (χ4v) is 3.10. The van der Waals surface area contributed by atoms with E-state index in [2.05, 4.69) is 4.90 Å². The van der Waals surface area contributed by atoms with Crippen LogP contribution in [0.2, 0.25) is 0 Å². The van der Waals surface area contributed by atoms with Crippen LogP contribution in [0.5, 0.6) is 0 Å². The molecule has 2 heterocycles. The van der Waals surface area contributed by atoms with Crippen LogP contribution in [0.4, 0.5) is 0 Å². The van der Waals surface area contributed by atoms with E-state index in [-0.39, 0.29) is 18.3 Å². The number of aliphatic hydroxyl groups is 1. The van der Waals surface area contributed by atoms with Crippen molar-refractivity contribution in [2.45, 2.75) is 19.4 Å². The van der Waals surface area contributed by atoms with Gasteiger partial charge in [-0.25, -0.2) is 4.79 Å². The highest BCUT2D eigenvalue weighted by molar-refractivity contribution is 5.95. The maximum atomic E-state index is 11.4. The van der Waals surface area contributed by atoms with Gasteiger partial charge in [-0.3, -0.25) is 4.90 Å². The van der Waals surface area contributed by atoms with E-state index in [1.807, 2.05) is 18.2 Å². The normalized spacial score (nSPS) is 20.0. The lowest BCUT2D eigenvalue weighted by molar-refractivity contribution is 0.0658. The number of carboxylic acids is 1. The molecule has 0 saturated carbocycles. The number of rotatable bonds is 4. The van der Waals surface area contributed by atoms with E-state index in [4.69, 9.17) is 4.42 Å². The summed E-state index contributed by atoms with van der Waals surface area (Å²) in [7, 11) is 0. The summed E-state index contributed by atoms with van der Waals surface area (Å²) in [5.41, 5.74) is 1.34. The van der Waals surface area contributed by atoms with Crippen molar-refractivity contribution >= 4 is 16.9 Å². The number of carboxylic acid groups (broad SMARTS) is 1. The molecule has 0 amide bonds. The molecule has 0 aliphatic carbocycles. The van der Waals surface area contributed by atoms with Gasteiger partial charge in [-0.1, -0.05) is 18.2 Å². The zero-order chi connectivity index (χ0) is 14.8. The molecule has 3 rings (SSSR count). The zero-order valence-corrected chi connectivity index (χ0v) is 11.8. The van der Waals surface area contributed by atoms with Crippen molar-refractivity contribution in [1.82, 2.24) is 4.90 Å². The van der Waals surface area contributed by atoms with Gasteiger partial charge in [0.05, 0.1) is 0 Å². The van der Waals surface area contributed by atoms with Gasteiger partial charge in [0.2, 0.25) is 5.76 Å². The molecule has 2 N–H and O–H groups in total. The molecule has 0 bridgehead atoms. The molecule has 21 heavy (non-hydrogen) atoms. The quantitative estimate of drug-likeness (QED) is 0.903. The molecular formula is C16H19NO4. The Morgan fingerprint density at radius 2 is 2.19 bits per heavy atom. The van der Waals surface area contributed by atoms with Crippen LogP contribution in [0.25, 0.3) is 11.0 Å². The monoisotopic (exact) mass is 289 g/mol. The minimum Gasteiger partial charge on any atom is -0.475 e. The first-order chi connectivity index (χ1) is 10.2. The minimum absolute atomic E-state index is 0.0299. The van der Waals surface area contributed by atoms with Crippen LogP contribution in [0.3, 0.4) is 0 Å². The highest BCUT2D eigenvalue weighted by atomic mass is 16.4. The molecule has 1 aliphatic rings. The summed E-state index contributed by atoms with van der Waals surface area (Å²) in [4.78, 5) is 13.6. The summed E-state index contributed by atoms with van der Waals surface area (Å²) in [6, 6.07) is 7.41. The summed E-state index contributed by atoms with van der Waals surface area (Å²) in [6.07, 6.45) is 2.06. The number of benzene rings is 1. The fourth-order valence-electron chi connectivity index (χ4n) is 3.10. The molecule has 2 aromatic rings. The van der Waals surface area contributed by atoms with Gasteiger partial charge in [-0.05, 0) is 31.4 Å². The van der Waals surface area contributed by atoms with Crippen LogP contribution >= 0.6 is 0 Å². The fraction of sp³-hybridized carbons (Fsp3) is 0.438. The van der Waals surface area contributed by atoms with Gasteiger partial charge in [0.15, 0.2) is 0 Å². The number of carbonyl (C=O) groups is 1. The number of hydrogen-bond donors (Lipinski definition) is 2. The van der Waals surface area contributed by atoms with E-state index in [0.29, 0.717) is 12.1 Å². The Hall–Kier alpha value is -1.85. The maximum Gasteiger partial charge on any atom is 0.372 e. The van der Waals surface area contributed by atoms with Crippen molar-refractivity contribution in [3.05, 3.63) is 35.6 Å². The third kappa shape index (κ3) is 2.80. The van der Waals surface area contributed by atoms with E-state index in [0.717, 1.165) is 36.9 Å². The first-order valence-corrected chi connectivity index (χ1v) is 7.26. The molecule has 112 valence electrons. The zero-order valence-electron chi connectivity index (χ0n) is 11.8. The second kappa shape index (κ2) is 5.87. The molecule has 0 radical (unpaired) electrons. The summed E-state index contributed by atoms with van der Waals surface area (Å²) in [5.74, 6) is -0.718. The van der Waals surface area contributed by atoms with E-state index in [1.165, 1.54) is 0 Å². The molecular weight excluding hydrogens is 270 g/mol. The Balaban J connectivity index is 1.91. The summed E-state index contributed by atoms with van der Waals surface area (Å²) < 4.78 is 5.48. The molecule has 5 heteroatoms. The van der Waals surface area contributed by atoms with E-state index < -0.39 is 5.97 Å². The van der Waals surface area contributed by atoms with Crippen LogP contribution in [-0.2, 0) is 6.54 Å².